The van der Waals surface area contributed by atoms with Gasteiger partial charge in [0, 0.05) is 15.7 Å². The van der Waals surface area contributed by atoms with Gasteiger partial charge in [0.1, 0.15) is 12.4 Å². The molecule has 1 N–H and O–H groups in total. The molecule has 5 nitrogen and oxygen atoms in total. The summed E-state index contributed by atoms with van der Waals surface area (Å²) in [5.74, 6) is -0.0441. The first-order valence-electron chi connectivity index (χ1n) is 6.60. The van der Waals surface area contributed by atoms with Crippen molar-refractivity contribution in [3.8, 4) is 5.75 Å². The Bertz CT molecular complexity index is 635. The predicted molar refractivity (Wildman–Crippen MR) is 82.7 cm³/mol. The van der Waals surface area contributed by atoms with Crippen LogP contribution in [-0.2, 0) is 17.8 Å². The number of aliphatic carboxylic acids is 1. The van der Waals surface area contributed by atoms with Gasteiger partial charge < -0.3 is 9.84 Å². The lowest BCUT2D eigenvalue weighted by Crippen LogP contribution is -2.11. The second kappa shape index (κ2) is 6.76. The maximum absolute atomic E-state index is 10.8. The number of hydrogen-bond donors (Lipinski definition) is 1. The van der Waals surface area contributed by atoms with Crippen LogP contribution < -0.4 is 4.74 Å². The van der Waals surface area contributed by atoms with Crippen LogP contribution in [-0.4, -0.2) is 27.5 Å². The highest BCUT2D eigenvalue weighted by molar-refractivity contribution is 9.10. The van der Waals surface area contributed by atoms with Crippen LogP contribution in [0.3, 0.4) is 0 Å². The highest BCUT2D eigenvalue weighted by atomic mass is 79.9. The van der Waals surface area contributed by atoms with Gasteiger partial charge in [0.15, 0.2) is 0 Å². The summed E-state index contributed by atoms with van der Waals surface area (Å²) in [5.41, 5.74) is 2.43. The summed E-state index contributed by atoms with van der Waals surface area (Å²) >= 11 is 3.37. The highest BCUT2D eigenvalue weighted by Gasteiger charge is 2.14. The molecule has 0 aliphatic heterocycles. The Morgan fingerprint density at radius 2 is 2.00 bits per heavy atom. The van der Waals surface area contributed by atoms with Crippen molar-refractivity contribution >= 4 is 21.9 Å². The number of aromatic nitrogens is 2. The van der Waals surface area contributed by atoms with E-state index < -0.39 is 5.97 Å². The van der Waals surface area contributed by atoms with Crippen LogP contribution in [0.15, 0.2) is 28.7 Å². The summed E-state index contributed by atoms with van der Waals surface area (Å²) in [5, 5.41) is 13.3. The van der Waals surface area contributed by atoms with E-state index in [2.05, 4.69) is 21.0 Å². The molecule has 2 aromatic rings. The molecule has 112 valence electrons. The van der Waals surface area contributed by atoms with Gasteiger partial charge in [-0.15, -0.1) is 0 Å². The minimum Gasteiger partial charge on any atom is -0.492 e. The van der Waals surface area contributed by atoms with Crippen molar-refractivity contribution in [3.05, 3.63) is 45.7 Å². The molecule has 0 spiro atoms. The van der Waals surface area contributed by atoms with Crippen LogP contribution in [0.1, 0.15) is 17.0 Å². The lowest BCUT2D eigenvalue weighted by molar-refractivity contribution is -0.136. The third-order valence-electron chi connectivity index (χ3n) is 3.24. The van der Waals surface area contributed by atoms with Crippen molar-refractivity contribution in [1.82, 2.24) is 9.78 Å². The fourth-order valence-electron chi connectivity index (χ4n) is 2.14. The number of ether oxygens (including phenoxy) is 1. The summed E-state index contributed by atoms with van der Waals surface area (Å²) in [4.78, 5) is 10.8. The van der Waals surface area contributed by atoms with E-state index in [0.29, 0.717) is 13.2 Å². The lowest BCUT2D eigenvalue weighted by Gasteiger charge is -2.08. The lowest BCUT2D eigenvalue weighted by atomic mass is 10.1. The maximum Gasteiger partial charge on any atom is 0.307 e. The Morgan fingerprint density at radius 3 is 2.62 bits per heavy atom. The summed E-state index contributed by atoms with van der Waals surface area (Å²) in [6.07, 6.45) is 0.00519. The first kappa shape index (κ1) is 15.6. The average molecular weight is 353 g/mol. The van der Waals surface area contributed by atoms with Crippen molar-refractivity contribution in [2.45, 2.75) is 26.8 Å². The van der Waals surface area contributed by atoms with Crippen LogP contribution in [0.5, 0.6) is 5.75 Å². The summed E-state index contributed by atoms with van der Waals surface area (Å²) in [6, 6.07) is 7.62. The normalized spacial score (nSPS) is 10.6. The van der Waals surface area contributed by atoms with Crippen molar-refractivity contribution in [1.29, 1.82) is 0 Å². The van der Waals surface area contributed by atoms with Crippen LogP contribution in [0.4, 0.5) is 0 Å². The van der Waals surface area contributed by atoms with Gasteiger partial charge in [0.05, 0.1) is 18.7 Å². The second-order valence-corrected chi connectivity index (χ2v) is 5.66. The van der Waals surface area contributed by atoms with Gasteiger partial charge in [-0.2, -0.15) is 5.10 Å². The average Bonchev–Trinajstić information content (AvgIpc) is 2.68. The molecule has 0 aliphatic rings. The maximum atomic E-state index is 10.8. The van der Waals surface area contributed by atoms with E-state index >= 15 is 0 Å². The Hall–Kier alpha value is -1.82. The minimum atomic E-state index is -0.841. The molecular formula is C15H17BrN2O3. The fraction of sp³-hybridized carbons (Fsp3) is 0.333. The Morgan fingerprint density at radius 1 is 1.33 bits per heavy atom. The largest absolute Gasteiger partial charge is 0.492 e. The van der Waals surface area contributed by atoms with E-state index in [0.717, 1.165) is 27.2 Å². The Kier molecular flexibility index (Phi) is 5.01. The zero-order valence-electron chi connectivity index (χ0n) is 12.0. The van der Waals surface area contributed by atoms with Crippen LogP contribution in [0.2, 0.25) is 0 Å². The summed E-state index contributed by atoms with van der Waals surface area (Å²) in [6.45, 7) is 4.79. The summed E-state index contributed by atoms with van der Waals surface area (Å²) in [7, 11) is 0. The molecule has 1 heterocycles. The number of halogens is 1. The number of rotatable bonds is 6. The molecule has 1 aromatic carbocycles. The first-order chi connectivity index (χ1) is 9.97. The fourth-order valence-corrected chi connectivity index (χ4v) is 2.40. The molecule has 0 bridgehead atoms. The molecule has 0 radical (unpaired) electrons. The monoisotopic (exact) mass is 352 g/mol. The zero-order chi connectivity index (χ0) is 15.4. The molecule has 21 heavy (non-hydrogen) atoms. The minimum absolute atomic E-state index is 0.00519. The van der Waals surface area contributed by atoms with Gasteiger partial charge in [-0.1, -0.05) is 15.9 Å². The number of carbonyl (C=O) groups is 1. The third kappa shape index (κ3) is 4.07. The number of carboxylic acids is 1. The molecule has 0 fully saturated rings. The molecule has 0 saturated carbocycles. The predicted octanol–water partition coefficient (Wildman–Crippen LogP) is 2.97. The Labute approximate surface area is 131 Å². The molecule has 0 unspecified atom stereocenters. The standard InChI is InChI=1S/C15H17BrN2O3/c1-10-14(9-15(19)20)11(2)18(17-10)7-8-21-13-5-3-12(16)4-6-13/h3-6H,7-9H2,1-2H3,(H,19,20). The van der Waals surface area contributed by atoms with Crippen molar-refractivity contribution in [2.75, 3.05) is 6.61 Å². The second-order valence-electron chi connectivity index (χ2n) is 4.75. The number of nitrogens with zero attached hydrogens (tertiary/aromatic N) is 2. The molecule has 2 rings (SSSR count). The SMILES string of the molecule is Cc1nn(CCOc2ccc(Br)cc2)c(C)c1CC(=O)O. The molecule has 0 atom stereocenters. The smallest absolute Gasteiger partial charge is 0.307 e. The number of aryl methyl sites for hydroxylation is 1. The van der Waals surface area contributed by atoms with E-state index in [1.807, 2.05) is 38.1 Å². The van der Waals surface area contributed by atoms with Crippen LogP contribution in [0, 0.1) is 13.8 Å². The van der Waals surface area contributed by atoms with Gasteiger partial charge in [-0.05, 0) is 38.1 Å². The third-order valence-corrected chi connectivity index (χ3v) is 3.77. The van der Waals surface area contributed by atoms with Crippen LogP contribution >= 0.6 is 15.9 Å². The number of carboxylic acid groups (broad SMARTS) is 1. The molecule has 0 aliphatic carbocycles. The highest BCUT2D eigenvalue weighted by Crippen LogP contribution is 2.17. The van der Waals surface area contributed by atoms with Crippen LogP contribution in [0.25, 0.3) is 0 Å². The topological polar surface area (TPSA) is 64.4 Å². The van der Waals surface area contributed by atoms with Gasteiger partial charge in [-0.3, -0.25) is 9.48 Å². The van der Waals surface area contributed by atoms with Crippen molar-refractivity contribution in [3.63, 3.8) is 0 Å². The van der Waals surface area contributed by atoms with E-state index in [-0.39, 0.29) is 6.42 Å². The summed E-state index contributed by atoms with van der Waals surface area (Å²) < 4.78 is 8.46. The van der Waals surface area contributed by atoms with Crippen molar-refractivity contribution < 1.29 is 14.6 Å². The van der Waals surface area contributed by atoms with E-state index in [9.17, 15) is 4.79 Å². The van der Waals surface area contributed by atoms with E-state index in [1.54, 1.807) is 4.68 Å². The molecule has 1 aromatic heterocycles. The molecule has 0 saturated heterocycles. The van der Waals surface area contributed by atoms with Gasteiger partial charge in [0.2, 0.25) is 0 Å². The van der Waals surface area contributed by atoms with Crippen molar-refractivity contribution in [2.24, 2.45) is 0 Å². The first-order valence-corrected chi connectivity index (χ1v) is 7.39. The van der Waals surface area contributed by atoms with Gasteiger partial charge >= 0.3 is 5.97 Å². The van der Waals surface area contributed by atoms with E-state index in [4.69, 9.17) is 9.84 Å². The van der Waals surface area contributed by atoms with Gasteiger partial charge in [0.25, 0.3) is 0 Å². The number of benzene rings is 1. The molecule has 0 amide bonds. The quantitative estimate of drug-likeness (QED) is 0.867. The zero-order valence-corrected chi connectivity index (χ0v) is 13.6. The molecular weight excluding hydrogens is 336 g/mol. The Balaban J connectivity index is 1.97. The van der Waals surface area contributed by atoms with E-state index in [1.165, 1.54) is 0 Å². The van der Waals surface area contributed by atoms with Gasteiger partial charge in [-0.25, -0.2) is 0 Å². The number of hydrogen-bond acceptors (Lipinski definition) is 3. The molecule has 6 heteroatoms.